The van der Waals surface area contributed by atoms with Gasteiger partial charge in [-0.05, 0) is 6.07 Å². The van der Waals surface area contributed by atoms with E-state index in [9.17, 15) is 39.9 Å². The van der Waals surface area contributed by atoms with Gasteiger partial charge in [-0.15, -0.1) is 0 Å². The molecule has 0 aliphatic carbocycles. The smallest absolute Gasteiger partial charge is 0.423 e. The Morgan fingerprint density at radius 3 is 1.72 bits per heavy atom. The zero-order valence-electron chi connectivity index (χ0n) is 15.5. The Bertz CT molecular complexity index is 902. The van der Waals surface area contributed by atoms with Crippen molar-refractivity contribution in [2.24, 2.45) is 0 Å². The second-order valence-electron chi connectivity index (χ2n) is 4.85. The number of hydrogen-bond donors (Lipinski definition) is 1. The molecule has 1 N–H and O–H groups in total. The van der Waals surface area contributed by atoms with Gasteiger partial charge in [0.2, 0.25) is 5.82 Å². The van der Waals surface area contributed by atoms with Crippen molar-refractivity contribution in [3.8, 4) is 16.9 Å². The number of anilines is 1. The molecule has 3 nitrogen and oxygen atoms in total. The van der Waals surface area contributed by atoms with E-state index in [1.807, 2.05) is 27.7 Å². The van der Waals surface area contributed by atoms with E-state index < -0.39 is 69.5 Å². The van der Waals surface area contributed by atoms with Crippen LogP contribution in [-0.4, -0.2) is 12.0 Å². The van der Waals surface area contributed by atoms with Crippen LogP contribution in [0.4, 0.5) is 40.8 Å². The molecule has 0 aromatic heterocycles. The van der Waals surface area contributed by atoms with Gasteiger partial charge >= 0.3 is 12.0 Å². The average Bonchev–Trinajstić information content (AvgIpc) is 2.70. The van der Waals surface area contributed by atoms with Crippen LogP contribution >= 0.6 is 0 Å². The normalized spacial score (nSPS) is 13.7. The Labute approximate surface area is 160 Å². The van der Waals surface area contributed by atoms with E-state index in [0.29, 0.717) is 6.07 Å². The fraction of sp³-hybridized carbons (Fsp3) is 0.278. The molecule has 0 unspecified atom stereocenters. The van der Waals surface area contributed by atoms with Crippen LogP contribution in [0.25, 0.3) is 11.1 Å². The van der Waals surface area contributed by atoms with E-state index in [1.54, 1.807) is 5.32 Å². The second kappa shape index (κ2) is 9.10. The van der Waals surface area contributed by atoms with Crippen LogP contribution in [0.15, 0.2) is 12.1 Å². The first kappa shape index (κ1) is 24.2. The van der Waals surface area contributed by atoms with Crippen LogP contribution < -0.4 is 10.1 Å². The van der Waals surface area contributed by atoms with Gasteiger partial charge in [0, 0.05) is 11.6 Å². The Hall–Kier alpha value is -2.85. The van der Waals surface area contributed by atoms with Crippen molar-refractivity contribution in [2.75, 3.05) is 5.32 Å². The molecule has 2 aromatic rings. The van der Waals surface area contributed by atoms with Gasteiger partial charge in [0.15, 0.2) is 29.0 Å². The lowest BCUT2D eigenvalue weighted by atomic mass is 10.0. The van der Waals surface area contributed by atoms with Crippen molar-refractivity contribution in [3.63, 3.8) is 0 Å². The third-order valence-electron chi connectivity index (χ3n) is 3.30. The number of benzene rings is 2. The number of nitrogens with one attached hydrogen (secondary N) is 1. The van der Waals surface area contributed by atoms with Gasteiger partial charge in [-0.3, -0.25) is 4.79 Å². The summed E-state index contributed by atoms with van der Waals surface area (Å²) < 4.78 is 111. The van der Waals surface area contributed by atoms with Gasteiger partial charge in [0.25, 0.3) is 0 Å². The van der Waals surface area contributed by atoms with E-state index in [4.69, 9.17) is 0 Å². The standard InChI is InChI=1S/C14H3F8NO2.2C2H6/c15-4-2-6-5(23-13(24)14(21,22)25-6)1-3(4)7-8(16)10(18)12(20)11(19)9(7)17;2*1-2/h1-2H,(H,23,24);2*1-2H3. The molecule has 1 amide bonds. The topological polar surface area (TPSA) is 38.3 Å². The lowest BCUT2D eigenvalue weighted by molar-refractivity contribution is -0.189. The number of fused-ring (bicyclic) bond motifs is 1. The fourth-order valence-electron chi connectivity index (χ4n) is 2.15. The number of carbonyl (C=O) groups is 1. The first-order valence-electron chi connectivity index (χ1n) is 8.28. The maximum Gasteiger partial charge on any atom is 0.482 e. The Morgan fingerprint density at radius 2 is 1.24 bits per heavy atom. The number of carbonyl (C=O) groups excluding carboxylic acids is 1. The SMILES string of the molecule is CC.CC.O=C1Nc2cc(-c3c(F)c(F)c(F)c(F)c3F)c(F)cc2OC1(F)F. The van der Waals surface area contributed by atoms with Crippen molar-refractivity contribution >= 4 is 11.6 Å². The molecule has 29 heavy (non-hydrogen) atoms. The van der Waals surface area contributed by atoms with Gasteiger partial charge in [-0.2, -0.15) is 8.78 Å². The molecule has 1 aliphatic rings. The lowest BCUT2D eigenvalue weighted by Gasteiger charge is -2.25. The van der Waals surface area contributed by atoms with Gasteiger partial charge < -0.3 is 10.1 Å². The summed E-state index contributed by atoms with van der Waals surface area (Å²) in [5.74, 6) is -16.2. The summed E-state index contributed by atoms with van der Waals surface area (Å²) in [6, 6.07) is 0.631. The van der Waals surface area contributed by atoms with Gasteiger partial charge in [-0.25, -0.2) is 26.3 Å². The molecule has 0 spiro atoms. The van der Waals surface area contributed by atoms with E-state index in [2.05, 4.69) is 4.74 Å². The van der Waals surface area contributed by atoms with E-state index >= 15 is 0 Å². The minimum absolute atomic E-state index is 0.218. The summed E-state index contributed by atoms with van der Waals surface area (Å²) in [7, 11) is 0. The molecule has 0 radical (unpaired) electrons. The number of rotatable bonds is 1. The van der Waals surface area contributed by atoms with Crippen LogP contribution in [0.5, 0.6) is 5.75 Å². The van der Waals surface area contributed by atoms with Crippen molar-refractivity contribution in [3.05, 3.63) is 47.0 Å². The molecule has 0 atom stereocenters. The number of alkyl halides is 2. The summed E-state index contributed by atoms with van der Waals surface area (Å²) in [6.45, 7) is 8.00. The monoisotopic (exact) mass is 429 g/mol. The van der Waals surface area contributed by atoms with Crippen molar-refractivity contribution in [1.29, 1.82) is 0 Å². The molecule has 0 bridgehead atoms. The molecule has 1 aliphatic heterocycles. The zero-order valence-corrected chi connectivity index (χ0v) is 15.5. The van der Waals surface area contributed by atoms with Gasteiger partial charge in [-0.1, -0.05) is 27.7 Å². The lowest BCUT2D eigenvalue weighted by Crippen LogP contribution is -2.43. The minimum atomic E-state index is -4.33. The summed E-state index contributed by atoms with van der Waals surface area (Å²) in [5, 5.41) is 1.58. The summed E-state index contributed by atoms with van der Waals surface area (Å²) in [6.07, 6.45) is -4.33. The summed E-state index contributed by atoms with van der Waals surface area (Å²) in [4.78, 5) is 11.1. The van der Waals surface area contributed by atoms with Crippen molar-refractivity contribution in [1.82, 2.24) is 0 Å². The molecule has 1 heterocycles. The van der Waals surface area contributed by atoms with E-state index in [-0.39, 0.29) is 6.07 Å². The van der Waals surface area contributed by atoms with Crippen molar-refractivity contribution < 1.29 is 44.7 Å². The molecule has 0 saturated heterocycles. The number of amides is 1. The van der Waals surface area contributed by atoms with Crippen LogP contribution in [0.2, 0.25) is 0 Å². The zero-order chi connectivity index (χ0) is 22.7. The largest absolute Gasteiger partial charge is 0.482 e. The molecular weight excluding hydrogens is 414 g/mol. The maximum absolute atomic E-state index is 14.0. The maximum atomic E-state index is 14.0. The van der Waals surface area contributed by atoms with Crippen LogP contribution in [0.3, 0.4) is 0 Å². The van der Waals surface area contributed by atoms with Crippen LogP contribution in [0, 0.1) is 34.9 Å². The van der Waals surface area contributed by atoms with Gasteiger partial charge in [0.1, 0.15) is 5.82 Å². The summed E-state index contributed by atoms with van der Waals surface area (Å²) >= 11 is 0. The first-order chi connectivity index (χ1) is 13.5. The quantitative estimate of drug-likeness (QED) is 0.335. The van der Waals surface area contributed by atoms with Crippen molar-refractivity contribution in [2.45, 2.75) is 33.8 Å². The van der Waals surface area contributed by atoms with Crippen LogP contribution in [-0.2, 0) is 4.79 Å². The predicted octanol–water partition coefficient (Wildman–Crippen LogP) is 6.16. The molecule has 11 heteroatoms. The van der Waals surface area contributed by atoms with E-state index in [1.165, 1.54) is 0 Å². The minimum Gasteiger partial charge on any atom is -0.423 e. The third kappa shape index (κ3) is 4.28. The molecule has 0 saturated carbocycles. The Kier molecular flexibility index (Phi) is 7.59. The Morgan fingerprint density at radius 1 is 0.793 bits per heavy atom. The highest BCUT2D eigenvalue weighted by Crippen LogP contribution is 2.41. The fourth-order valence-corrected chi connectivity index (χ4v) is 2.15. The average molecular weight is 429 g/mol. The molecule has 3 rings (SSSR count). The number of ether oxygens (including phenoxy) is 1. The highest BCUT2D eigenvalue weighted by Gasteiger charge is 2.46. The van der Waals surface area contributed by atoms with Gasteiger partial charge in [0.05, 0.1) is 11.3 Å². The molecular formula is C18H15F8NO2. The van der Waals surface area contributed by atoms with E-state index in [0.717, 1.165) is 0 Å². The third-order valence-corrected chi connectivity index (χ3v) is 3.30. The number of halogens is 8. The Balaban J connectivity index is 0.000000989. The molecule has 2 aromatic carbocycles. The second-order valence-corrected chi connectivity index (χ2v) is 4.85. The summed E-state index contributed by atoms with van der Waals surface area (Å²) in [5.41, 5.74) is -3.42. The molecule has 160 valence electrons. The number of hydrogen-bond acceptors (Lipinski definition) is 2. The highest BCUT2D eigenvalue weighted by molar-refractivity contribution is 5.99. The first-order valence-corrected chi connectivity index (χ1v) is 8.28. The highest BCUT2D eigenvalue weighted by atomic mass is 19.3. The predicted molar refractivity (Wildman–Crippen MR) is 88.5 cm³/mol. The van der Waals surface area contributed by atoms with Crippen LogP contribution in [0.1, 0.15) is 27.7 Å². The molecule has 0 fully saturated rings.